The second kappa shape index (κ2) is 9.65. The topological polar surface area (TPSA) is 101 Å². The molecule has 2 saturated heterocycles. The molecule has 8 nitrogen and oxygen atoms in total. The highest BCUT2D eigenvalue weighted by atomic mass is 19.4. The molecule has 0 bridgehead atoms. The van der Waals surface area contributed by atoms with Crippen LogP contribution in [0.4, 0.5) is 13.2 Å². The molecule has 1 unspecified atom stereocenters. The van der Waals surface area contributed by atoms with Crippen molar-refractivity contribution < 1.29 is 32.3 Å². The van der Waals surface area contributed by atoms with E-state index in [1.54, 1.807) is 7.11 Å². The highest BCUT2D eigenvalue weighted by Gasteiger charge is 2.38. The van der Waals surface area contributed by atoms with Gasteiger partial charge < -0.3 is 19.7 Å². The highest BCUT2D eigenvalue weighted by molar-refractivity contribution is 5.73. The number of nitrogens with one attached hydrogen (secondary N) is 1. The maximum absolute atomic E-state index is 10.6. The van der Waals surface area contributed by atoms with Crippen LogP contribution in [-0.4, -0.2) is 65.6 Å². The van der Waals surface area contributed by atoms with Crippen molar-refractivity contribution in [3.63, 3.8) is 0 Å². The number of rotatable bonds is 4. The zero-order chi connectivity index (χ0) is 22.6. The zero-order valence-corrected chi connectivity index (χ0v) is 17.2. The molecule has 2 N–H and O–H groups in total. The Hall–Kier alpha value is -2.66. The highest BCUT2D eigenvalue weighted by Crippen LogP contribution is 2.34. The van der Waals surface area contributed by atoms with E-state index in [1.165, 1.54) is 6.42 Å². The van der Waals surface area contributed by atoms with Gasteiger partial charge in [-0.05, 0) is 62.5 Å². The normalized spacial score (nSPS) is 22.2. The zero-order valence-electron chi connectivity index (χ0n) is 17.2. The number of aliphatic carboxylic acids is 1. The smallest absolute Gasteiger partial charge is 0.490 e. The fraction of sp³-hybridized carbons (Fsp3) is 0.550. The van der Waals surface area contributed by atoms with E-state index in [9.17, 15) is 13.2 Å². The molecule has 2 fully saturated rings. The maximum Gasteiger partial charge on any atom is 0.490 e. The number of halogens is 3. The number of carboxylic acids is 1. The first kappa shape index (κ1) is 23.0. The van der Waals surface area contributed by atoms with Crippen molar-refractivity contribution >= 4 is 5.97 Å². The van der Waals surface area contributed by atoms with E-state index in [-0.39, 0.29) is 6.04 Å². The van der Waals surface area contributed by atoms with Gasteiger partial charge >= 0.3 is 12.1 Å². The Balaban J connectivity index is 0.000000339. The summed E-state index contributed by atoms with van der Waals surface area (Å²) in [6.07, 6.45) is -3.81. The van der Waals surface area contributed by atoms with Crippen LogP contribution >= 0.6 is 0 Å². The van der Waals surface area contributed by atoms with Gasteiger partial charge in [0.1, 0.15) is 5.75 Å². The largest absolute Gasteiger partial charge is 0.497 e. The number of fused-ring (bicyclic) bond motifs is 1. The number of hydrogen-bond donors (Lipinski definition) is 2. The van der Waals surface area contributed by atoms with Crippen molar-refractivity contribution in [3.05, 3.63) is 30.2 Å². The Kier molecular flexibility index (Phi) is 7.16. The first-order valence-electron chi connectivity index (χ1n) is 9.92. The first-order valence-corrected chi connectivity index (χ1v) is 9.92. The number of aromatic nitrogens is 2. The third-order valence-electron chi connectivity index (χ3n) is 5.64. The molecule has 1 aromatic carbocycles. The van der Waals surface area contributed by atoms with Crippen LogP contribution < -0.4 is 10.1 Å². The van der Waals surface area contributed by atoms with Crippen molar-refractivity contribution in [2.75, 3.05) is 33.3 Å². The van der Waals surface area contributed by atoms with E-state index in [1.807, 2.05) is 24.3 Å². The molecule has 2 aliphatic rings. The van der Waals surface area contributed by atoms with Gasteiger partial charge in [0.05, 0.1) is 13.2 Å². The molecule has 0 spiro atoms. The molecule has 11 heteroatoms. The Morgan fingerprint density at radius 1 is 1.29 bits per heavy atom. The minimum Gasteiger partial charge on any atom is -0.497 e. The summed E-state index contributed by atoms with van der Waals surface area (Å²) in [5, 5.41) is 14.8. The van der Waals surface area contributed by atoms with Crippen LogP contribution in [0, 0.1) is 11.8 Å². The summed E-state index contributed by atoms with van der Waals surface area (Å²) in [5.41, 5.74) is 0.942. The quantitative estimate of drug-likeness (QED) is 0.746. The molecule has 2 aliphatic heterocycles. The lowest BCUT2D eigenvalue weighted by molar-refractivity contribution is -0.192. The summed E-state index contributed by atoms with van der Waals surface area (Å²) in [7, 11) is 1.66. The maximum atomic E-state index is 10.6. The molecular weight excluding hydrogens is 417 g/mol. The summed E-state index contributed by atoms with van der Waals surface area (Å²) in [6, 6.07) is 7.89. The molecule has 170 valence electrons. The fourth-order valence-electron chi connectivity index (χ4n) is 3.84. The van der Waals surface area contributed by atoms with Crippen LogP contribution in [0.25, 0.3) is 11.4 Å². The minimum atomic E-state index is -5.08. The van der Waals surface area contributed by atoms with Crippen LogP contribution in [0.3, 0.4) is 0 Å². The molecule has 0 amide bonds. The summed E-state index contributed by atoms with van der Waals surface area (Å²) >= 11 is 0. The molecule has 2 aromatic rings. The van der Waals surface area contributed by atoms with Gasteiger partial charge in [-0.2, -0.15) is 18.2 Å². The number of likely N-dealkylation sites (tertiary alicyclic amines) is 1. The summed E-state index contributed by atoms with van der Waals surface area (Å²) in [4.78, 5) is 16.0. The van der Waals surface area contributed by atoms with E-state index in [2.05, 4.69) is 27.3 Å². The molecule has 0 radical (unpaired) electrons. The number of carbonyl (C=O) groups is 1. The van der Waals surface area contributed by atoms with Crippen molar-refractivity contribution in [2.45, 2.75) is 25.6 Å². The van der Waals surface area contributed by atoms with Gasteiger partial charge in [-0.15, -0.1) is 0 Å². The molecule has 4 rings (SSSR count). The predicted octanol–water partition coefficient (Wildman–Crippen LogP) is 2.98. The lowest BCUT2D eigenvalue weighted by atomic mass is 9.90. The van der Waals surface area contributed by atoms with Gasteiger partial charge in [0, 0.05) is 18.7 Å². The third kappa shape index (κ3) is 5.73. The van der Waals surface area contributed by atoms with Gasteiger partial charge in [-0.1, -0.05) is 5.16 Å². The van der Waals surface area contributed by atoms with Gasteiger partial charge in [0.15, 0.2) is 0 Å². The van der Waals surface area contributed by atoms with Crippen LogP contribution in [0.15, 0.2) is 28.8 Å². The van der Waals surface area contributed by atoms with Gasteiger partial charge in [0.2, 0.25) is 11.7 Å². The number of alkyl halides is 3. The van der Waals surface area contributed by atoms with Crippen molar-refractivity contribution in [2.24, 2.45) is 11.8 Å². The first-order chi connectivity index (χ1) is 14.7. The standard InChI is InChI=1S/C18H24N4O2.C2HF3O2/c1-12(22-10-14-7-8-19-9-15(14)11-22)18-20-17(21-24-18)13-3-5-16(23-2)6-4-13;3-2(4,5)1(6)7/h3-6,12,14-15,19H,7-11H2,1-2H3;(H,6,7)/t12?,14-,15+;/m0./s1. The Morgan fingerprint density at radius 2 is 1.94 bits per heavy atom. The molecular formula is C20H25F3N4O4. The van der Waals surface area contributed by atoms with Crippen LogP contribution in [-0.2, 0) is 4.79 Å². The van der Waals surface area contributed by atoms with E-state index in [4.69, 9.17) is 19.2 Å². The van der Waals surface area contributed by atoms with Gasteiger partial charge in [-0.25, -0.2) is 4.79 Å². The molecule has 0 saturated carbocycles. The lowest BCUT2D eigenvalue weighted by Crippen LogP contribution is -2.35. The van der Waals surface area contributed by atoms with E-state index < -0.39 is 12.1 Å². The van der Waals surface area contributed by atoms with Crippen molar-refractivity contribution in [1.29, 1.82) is 0 Å². The summed E-state index contributed by atoms with van der Waals surface area (Å²) in [6.45, 7) is 6.68. The van der Waals surface area contributed by atoms with Crippen molar-refractivity contribution in [1.82, 2.24) is 20.4 Å². The molecule has 3 heterocycles. The minimum absolute atomic E-state index is 0.162. The van der Waals surface area contributed by atoms with E-state index in [0.717, 1.165) is 49.3 Å². The number of carboxylic acid groups (broad SMARTS) is 1. The number of benzene rings is 1. The monoisotopic (exact) mass is 442 g/mol. The van der Waals surface area contributed by atoms with Gasteiger partial charge in [-0.3, -0.25) is 4.90 Å². The van der Waals surface area contributed by atoms with E-state index >= 15 is 0 Å². The van der Waals surface area contributed by atoms with Crippen LogP contribution in [0.1, 0.15) is 25.3 Å². The molecule has 1 aromatic heterocycles. The van der Waals surface area contributed by atoms with Gasteiger partial charge in [0.25, 0.3) is 0 Å². The average molecular weight is 442 g/mol. The second-order valence-electron chi connectivity index (χ2n) is 7.63. The Labute approximate surface area is 177 Å². The Morgan fingerprint density at radius 3 is 2.52 bits per heavy atom. The molecule has 0 aliphatic carbocycles. The summed E-state index contributed by atoms with van der Waals surface area (Å²) < 4.78 is 42.5. The number of ether oxygens (including phenoxy) is 1. The van der Waals surface area contributed by atoms with Crippen LogP contribution in [0.2, 0.25) is 0 Å². The molecule has 31 heavy (non-hydrogen) atoms. The number of methoxy groups -OCH3 is 1. The second-order valence-corrected chi connectivity index (χ2v) is 7.63. The SMILES string of the molecule is COc1ccc(-c2noc(C(C)N3C[C@H]4CNCC[C@H]4C3)n2)cc1.O=C(O)C(F)(F)F. The van der Waals surface area contributed by atoms with Crippen LogP contribution in [0.5, 0.6) is 5.75 Å². The number of hydrogen-bond acceptors (Lipinski definition) is 7. The Bertz CT molecular complexity index is 858. The fourth-order valence-corrected chi connectivity index (χ4v) is 3.84. The summed E-state index contributed by atoms with van der Waals surface area (Å²) in [5.74, 6) is 0.963. The van der Waals surface area contributed by atoms with Crippen molar-refractivity contribution in [3.8, 4) is 17.1 Å². The predicted molar refractivity (Wildman–Crippen MR) is 104 cm³/mol. The number of piperidine rings is 1. The number of nitrogens with zero attached hydrogens (tertiary/aromatic N) is 3. The average Bonchev–Trinajstić information content (AvgIpc) is 3.40. The third-order valence-corrected chi connectivity index (χ3v) is 5.64. The molecule has 3 atom stereocenters. The van der Waals surface area contributed by atoms with E-state index in [0.29, 0.717) is 11.7 Å². The lowest BCUT2D eigenvalue weighted by Gasteiger charge is -2.24.